The van der Waals surface area contributed by atoms with E-state index in [0.717, 1.165) is 5.52 Å². The van der Waals surface area contributed by atoms with Crippen molar-refractivity contribution >= 4 is 33.2 Å². The molecule has 0 aromatic carbocycles. The number of aromatic nitrogens is 1. The topological polar surface area (TPSA) is 12.9 Å². The zero-order chi connectivity index (χ0) is 9.42. The van der Waals surface area contributed by atoms with Gasteiger partial charge in [0, 0.05) is 4.88 Å². The van der Waals surface area contributed by atoms with Gasteiger partial charge in [-0.15, -0.1) is 11.3 Å². The number of nitrogens with zero attached hydrogens (tertiary/aromatic N) is 1. The zero-order valence-electron chi connectivity index (χ0n) is 7.54. The minimum absolute atomic E-state index is 0.568. The van der Waals surface area contributed by atoms with Gasteiger partial charge in [-0.2, -0.15) is 0 Å². The zero-order valence-corrected chi connectivity index (χ0v) is 9.12. The molecule has 0 amide bonds. The van der Waals surface area contributed by atoms with Crippen LogP contribution in [-0.2, 0) is 0 Å². The first-order valence-electron chi connectivity index (χ1n) is 4.23. The van der Waals surface area contributed by atoms with E-state index in [-0.39, 0.29) is 0 Å². The van der Waals surface area contributed by atoms with E-state index in [1.807, 2.05) is 12.1 Å². The Morgan fingerprint density at radius 3 is 2.85 bits per heavy atom. The van der Waals surface area contributed by atoms with Gasteiger partial charge in [-0.1, -0.05) is 25.4 Å². The van der Waals surface area contributed by atoms with Crippen LogP contribution in [0.15, 0.2) is 18.2 Å². The van der Waals surface area contributed by atoms with Crippen molar-refractivity contribution in [2.45, 2.75) is 19.8 Å². The molecule has 2 rings (SSSR count). The molecule has 0 saturated heterocycles. The SMILES string of the molecule is CC(C)c1cc2nc(Cl)ccc2s1. The van der Waals surface area contributed by atoms with Crippen LogP contribution in [0.1, 0.15) is 24.6 Å². The van der Waals surface area contributed by atoms with Crippen molar-refractivity contribution in [3.63, 3.8) is 0 Å². The lowest BCUT2D eigenvalue weighted by molar-refractivity contribution is 0.890. The molecular weight excluding hydrogens is 202 g/mol. The van der Waals surface area contributed by atoms with Crippen molar-refractivity contribution in [2.24, 2.45) is 0 Å². The Balaban J connectivity index is 2.62. The molecule has 0 N–H and O–H groups in total. The first-order chi connectivity index (χ1) is 6.16. The Labute approximate surface area is 86.4 Å². The maximum absolute atomic E-state index is 5.80. The Kier molecular flexibility index (Phi) is 2.26. The molecular formula is C10H10ClNS. The molecule has 0 fully saturated rings. The van der Waals surface area contributed by atoms with Gasteiger partial charge in [-0.05, 0) is 24.1 Å². The fraction of sp³-hybridized carbons (Fsp3) is 0.300. The van der Waals surface area contributed by atoms with E-state index in [4.69, 9.17) is 11.6 Å². The second-order valence-electron chi connectivity index (χ2n) is 3.32. The molecule has 2 aromatic rings. The van der Waals surface area contributed by atoms with E-state index >= 15 is 0 Å². The molecule has 0 radical (unpaired) electrons. The summed E-state index contributed by atoms with van der Waals surface area (Å²) in [5.74, 6) is 0.568. The summed E-state index contributed by atoms with van der Waals surface area (Å²) >= 11 is 7.59. The summed E-state index contributed by atoms with van der Waals surface area (Å²) < 4.78 is 1.22. The highest BCUT2D eigenvalue weighted by Crippen LogP contribution is 2.30. The molecule has 1 nitrogen and oxygen atoms in total. The predicted octanol–water partition coefficient (Wildman–Crippen LogP) is 4.07. The lowest BCUT2D eigenvalue weighted by Gasteiger charge is -1.95. The van der Waals surface area contributed by atoms with Crippen molar-refractivity contribution in [2.75, 3.05) is 0 Å². The van der Waals surface area contributed by atoms with Crippen molar-refractivity contribution in [3.8, 4) is 0 Å². The van der Waals surface area contributed by atoms with Crippen molar-refractivity contribution in [1.82, 2.24) is 4.98 Å². The van der Waals surface area contributed by atoms with Gasteiger partial charge >= 0.3 is 0 Å². The van der Waals surface area contributed by atoms with Gasteiger partial charge in [0.15, 0.2) is 0 Å². The van der Waals surface area contributed by atoms with Gasteiger partial charge in [0.1, 0.15) is 5.15 Å². The number of hydrogen-bond acceptors (Lipinski definition) is 2. The maximum Gasteiger partial charge on any atom is 0.129 e. The lowest BCUT2D eigenvalue weighted by atomic mass is 10.2. The lowest BCUT2D eigenvalue weighted by Crippen LogP contribution is -1.78. The second kappa shape index (κ2) is 3.28. The van der Waals surface area contributed by atoms with Crippen LogP contribution in [0.3, 0.4) is 0 Å². The third-order valence-corrected chi connectivity index (χ3v) is 3.53. The minimum Gasteiger partial charge on any atom is -0.235 e. The van der Waals surface area contributed by atoms with Crippen LogP contribution in [0.2, 0.25) is 5.15 Å². The predicted molar refractivity (Wildman–Crippen MR) is 58.7 cm³/mol. The third kappa shape index (κ3) is 1.69. The van der Waals surface area contributed by atoms with Crippen molar-refractivity contribution < 1.29 is 0 Å². The monoisotopic (exact) mass is 211 g/mol. The van der Waals surface area contributed by atoms with E-state index in [1.165, 1.54) is 9.58 Å². The van der Waals surface area contributed by atoms with Gasteiger partial charge in [-0.25, -0.2) is 4.98 Å². The van der Waals surface area contributed by atoms with Crippen LogP contribution >= 0.6 is 22.9 Å². The van der Waals surface area contributed by atoms with Gasteiger partial charge in [0.2, 0.25) is 0 Å². The van der Waals surface area contributed by atoms with Crippen LogP contribution < -0.4 is 0 Å². The normalized spacial score (nSPS) is 11.4. The Bertz CT molecular complexity index is 433. The fourth-order valence-corrected chi connectivity index (χ4v) is 2.36. The number of thiophene rings is 1. The summed E-state index contributed by atoms with van der Waals surface area (Å²) in [5.41, 5.74) is 1.02. The highest BCUT2D eigenvalue weighted by molar-refractivity contribution is 7.19. The van der Waals surface area contributed by atoms with Crippen molar-refractivity contribution in [1.29, 1.82) is 0 Å². The van der Waals surface area contributed by atoms with Gasteiger partial charge < -0.3 is 0 Å². The molecule has 13 heavy (non-hydrogen) atoms. The molecule has 2 heterocycles. The molecule has 0 aliphatic rings. The number of rotatable bonds is 1. The standard InChI is InChI=1S/C10H10ClNS/c1-6(2)9-5-7-8(13-9)3-4-10(11)12-7/h3-6H,1-2H3. The van der Waals surface area contributed by atoms with Gasteiger partial charge in [0.25, 0.3) is 0 Å². The third-order valence-electron chi connectivity index (χ3n) is 1.93. The van der Waals surface area contributed by atoms with Crippen LogP contribution in [-0.4, -0.2) is 4.98 Å². The van der Waals surface area contributed by atoms with Crippen molar-refractivity contribution in [3.05, 3.63) is 28.2 Å². The van der Waals surface area contributed by atoms with Gasteiger partial charge in [-0.3, -0.25) is 0 Å². The Hall–Kier alpha value is -0.600. The molecule has 3 heteroatoms. The molecule has 2 aromatic heterocycles. The average Bonchev–Trinajstić information content (AvgIpc) is 2.46. The molecule has 68 valence electrons. The van der Waals surface area contributed by atoms with Crippen LogP contribution in [0.25, 0.3) is 10.2 Å². The second-order valence-corrected chi connectivity index (χ2v) is 4.82. The van der Waals surface area contributed by atoms with Crippen LogP contribution in [0, 0.1) is 0 Å². The van der Waals surface area contributed by atoms with Gasteiger partial charge in [0.05, 0.1) is 10.2 Å². The number of hydrogen-bond donors (Lipinski definition) is 0. The number of halogens is 1. The summed E-state index contributed by atoms with van der Waals surface area (Å²) in [7, 11) is 0. The molecule has 0 atom stereocenters. The molecule has 0 saturated carbocycles. The maximum atomic E-state index is 5.80. The van der Waals surface area contributed by atoms with Crippen LogP contribution in [0.4, 0.5) is 0 Å². The largest absolute Gasteiger partial charge is 0.235 e. The smallest absolute Gasteiger partial charge is 0.129 e. The molecule has 0 aliphatic heterocycles. The first-order valence-corrected chi connectivity index (χ1v) is 5.42. The molecule has 0 bridgehead atoms. The van der Waals surface area contributed by atoms with E-state index < -0.39 is 0 Å². The highest BCUT2D eigenvalue weighted by atomic mass is 35.5. The minimum atomic E-state index is 0.568. The summed E-state index contributed by atoms with van der Waals surface area (Å²) in [6, 6.07) is 5.99. The fourth-order valence-electron chi connectivity index (χ4n) is 1.20. The average molecular weight is 212 g/mol. The molecule has 0 unspecified atom stereocenters. The summed E-state index contributed by atoms with van der Waals surface area (Å²) in [5, 5.41) is 0.570. The molecule has 0 spiro atoms. The summed E-state index contributed by atoms with van der Waals surface area (Å²) in [4.78, 5) is 5.62. The van der Waals surface area contributed by atoms with E-state index in [9.17, 15) is 0 Å². The van der Waals surface area contributed by atoms with E-state index in [1.54, 1.807) is 11.3 Å². The first kappa shape index (κ1) is 8.97. The molecule has 0 aliphatic carbocycles. The summed E-state index contributed by atoms with van der Waals surface area (Å²) in [6.45, 7) is 4.37. The van der Waals surface area contributed by atoms with Crippen LogP contribution in [0.5, 0.6) is 0 Å². The summed E-state index contributed by atoms with van der Waals surface area (Å²) in [6.07, 6.45) is 0. The van der Waals surface area contributed by atoms with E-state index in [0.29, 0.717) is 11.1 Å². The quantitative estimate of drug-likeness (QED) is 0.648. The van der Waals surface area contributed by atoms with E-state index in [2.05, 4.69) is 24.9 Å². The number of pyridine rings is 1. The number of fused-ring (bicyclic) bond motifs is 1. The Morgan fingerprint density at radius 1 is 1.38 bits per heavy atom. The highest BCUT2D eigenvalue weighted by Gasteiger charge is 2.06. The Morgan fingerprint density at radius 2 is 2.15 bits per heavy atom.